The molecular weight excluding hydrogens is 390 g/mol. The van der Waals surface area contributed by atoms with E-state index >= 15 is 0 Å². The van der Waals surface area contributed by atoms with Crippen molar-refractivity contribution in [1.29, 1.82) is 0 Å². The van der Waals surface area contributed by atoms with Gasteiger partial charge in [0, 0.05) is 64.8 Å². The van der Waals surface area contributed by atoms with Gasteiger partial charge in [-0.3, -0.25) is 4.99 Å². The summed E-state index contributed by atoms with van der Waals surface area (Å²) in [6.07, 6.45) is 10.4. The van der Waals surface area contributed by atoms with Gasteiger partial charge in [0.25, 0.3) is 0 Å². The van der Waals surface area contributed by atoms with E-state index in [1.807, 2.05) is 0 Å². The third-order valence-corrected chi connectivity index (χ3v) is 6.83. The molecule has 2 saturated heterocycles. The second kappa shape index (κ2) is 11.8. The third-order valence-electron chi connectivity index (χ3n) is 6.83. The predicted molar refractivity (Wildman–Crippen MR) is 123 cm³/mol. The molecule has 0 bridgehead atoms. The fraction of sp³-hybridized carbons (Fsp3) is 0.870. The van der Waals surface area contributed by atoms with E-state index < -0.39 is 0 Å². The van der Waals surface area contributed by atoms with Gasteiger partial charge in [0.1, 0.15) is 11.6 Å². The van der Waals surface area contributed by atoms with Crippen LogP contribution >= 0.6 is 0 Å². The molecule has 1 atom stereocenters. The zero-order valence-corrected chi connectivity index (χ0v) is 19.3. The number of nitrogens with zero attached hydrogens (tertiary/aromatic N) is 5. The van der Waals surface area contributed by atoms with E-state index in [1.54, 1.807) is 0 Å². The maximum atomic E-state index is 5.53. The minimum atomic E-state index is 0.515. The lowest BCUT2D eigenvalue weighted by Crippen LogP contribution is -2.49. The first kappa shape index (κ1) is 22.5. The quantitative estimate of drug-likeness (QED) is 0.372. The monoisotopic (exact) mass is 431 g/mol. The molecule has 1 aromatic heterocycles. The van der Waals surface area contributed by atoms with Crippen LogP contribution in [-0.2, 0) is 24.1 Å². The molecule has 0 saturated carbocycles. The number of hydrogen-bond donors (Lipinski definition) is 2. The standard InChI is InChI=1S/C23H41N7O/c1-2-24-23(26-20-9-14-29(15-10-20)17-19-11-16-31-18-19)25-12-6-8-22-28-27-21-7-4-3-5-13-30(21)22/h19-20H,2-18H2,1H3,(H2,24,25,26). The van der Waals surface area contributed by atoms with E-state index in [0.29, 0.717) is 6.04 Å². The van der Waals surface area contributed by atoms with E-state index in [0.717, 1.165) is 69.8 Å². The van der Waals surface area contributed by atoms with Gasteiger partial charge in [0.15, 0.2) is 5.96 Å². The molecule has 0 amide bonds. The Kier molecular flexibility index (Phi) is 8.58. The number of piperidine rings is 1. The van der Waals surface area contributed by atoms with Crippen molar-refractivity contribution in [3.63, 3.8) is 0 Å². The smallest absolute Gasteiger partial charge is 0.191 e. The van der Waals surface area contributed by atoms with Crippen LogP contribution in [-0.4, -0.2) is 77.6 Å². The SMILES string of the molecule is CCNC(=NCCCc1nnc2n1CCCCC2)NC1CCN(CC2CCOC2)CC1. The molecule has 8 nitrogen and oxygen atoms in total. The molecule has 4 heterocycles. The van der Waals surface area contributed by atoms with Crippen molar-refractivity contribution in [2.75, 3.05) is 45.9 Å². The summed E-state index contributed by atoms with van der Waals surface area (Å²) in [7, 11) is 0. The molecule has 0 spiro atoms. The van der Waals surface area contributed by atoms with E-state index in [9.17, 15) is 0 Å². The van der Waals surface area contributed by atoms with Crippen molar-refractivity contribution in [2.45, 2.75) is 77.3 Å². The Morgan fingerprint density at radius 1 is 1.13 bits per heavy atom. The number of aliphatic imine (C=N–C) groups is 1. The summed E-state index contributed by atoms with van der Waals surface area (Å²) in [4.78, 5) is 7.46. The van der Waals surface area contributed by atoms with Gasteiger partial charge in [-0.2, -0.15) is 0 Å². The second-order valence-corrected chi connectivity index (χ2v) is 9.31. The van der Waals surface area contributed by atoms with Crippen LogP contribution in [0.3, 0.4) is 0 Å². The van der Waals surface area contributed by atoms with Crippen LogP contribution in [0.5, 0.6) is 0 Å². The lowest BCUT2D eigenvalue weighted by atomic mass is 10.0. The lowest BCUT2D eigenvalue weighted by Gasteiger charge is -2.34. The average molecular weight is 432 g/mol. The highest BCUT2D eigenvalue weighted by atomic mass is 16.5. The van der Waals surface area contributed by atoms with Gasteiger partial charge in [-0.25, -0.2) is 0 Å². The Balaban J connectivity index is 1.19. The van der Waals surface area contributed by atoms with Crippen molar-refractivity contribution >= 4 is 5.96 Å². The van der Waals surface area contributed by atoms with Crippen molar-refractivity contribution in [3.05, 3.63) is 11.6 Å². The minimum Gasteiger partial charge on any atom is -0.381 e. The molecule has 174 valence electrons. The van der Waals surface area contributed by atoms with Crippen molar-refractivity contribution in [3.8, 4) is 0 Å². The summed E-state index contributed by atoms with van der Waals surface area (Å²) in [5.74, 6) is 4.02. The maximum absolute atomic E-state index is 5.53. The van der Waals surface area contributed by atoms with E-state index in [1.165, 1.54) is 64.0 Å². The number of aryl methyl sites for hydroxylation is 2. The van der Waals surface area contributed by atoms with Crippen LogP contribution in [0.1, 0.15) is 63.5 Å². The van der Waals surface area contributed by atoms with Crippen molar-refractivity contribution in [1.82, 2.24) is 30.3 Å². The van der Waals surface area contributed by atoms with Crippen LogP contribution in [0, 0.1) is 5.92 Å². The zero-order valence-electron chi connectivity index (χ0n) is 19.3. The molecular formula is C23H41N7O. The topological polar surface area (TPSA) is 79.6 Å². The molecule has 2 fully saturated rings. The predicted octanol–water partition coefficient (Wildman–Crippen LogP) is 1.99. The molecule has 3 aliphatic rings. The van der Waals surface area contributed by atoms with Crippen LogP contribution < -0.4 is 10.6 Å². The Morgan fingerprint density at radius 3 is 2.84 bits per heavy atom. The number of guanidine groups is 1. The normalized spacial score (nSPS) is 23.5. The highest BCUT2D eigenvalue weighted by Crippen LogP contribution is 2.18. The number of nitrogens with one attached hydrogen (secondary N) is 2. The van der Waals surface area contributed by atoms with E-state index in [2.05, 4.69) is 37.2 Å². The van der Waals surface area contributed by atoms with Crippen molar-refractivity contribution < 1.29 is 4.74 Å². The fourth-order valence-corrected chi connectivity index (χ4v) is 5.02. The summed E-state index contributed by atoms with van der Waals surface area (Å²) < 4.78 is 7.88. The summed E-state index contributed by atoms with van der Waals surface area (Å²) >= 11 is 0. The van der Waals surface area contributed by atoms with E-state index in [-0.39, 0.29) is 0 Å². The molecule has 2 N–H and O–H groups in total. The first-order valence-corrected chi connectivity index (χ1v) is 12.6. The summed E-state index contributed by atoms with van der Waals surface area (Å²) in [5.41, 5.74) is 0. The second-order valence-electron chi connectivity index (χ2n) is 9.31. The Bertz CT molecular complexity index is 690. The summed E-state index contributed by atoms with van der Waals surface area (Å²) in [6, 6.07) is 0.515. The molecule has 0 radical (unpaired) electrons. The van der Waals surface area contributed by atoms with Crippen LogP contribution in [0.25, 0.3) is 0 Å². The average Bonchev–Trinajstić information content (AvgIpc) is 3.36. The van der Waals surface area contributed by atoms with E-state index in [4.69, 9.17) is 9.73 Å². The van der Waals surface area contributed by atoms with Gasteiger partial charge in [0.05, 0.1) is 6.61 Å². The van der Waals surface area contributed by atoms with Crippen LogP contribution in [0.4, 0.5) is 0 Å². The van der Waals surface area contributed by atoms with Gasteiger partial charge in [-0.05, 0) is 51.4 Å². The highest BCUT2D eigenvalue weighted by molar-refractivity contribution is 5.80. The number of likely N-dealkylation sites (tertiary alicyclic amines) is 1. The largest absolute Gasteiger partial charge is 0.381 e. The van der Waals surface area contributed by atoms with Crippen LogP contribution in [0.15, 0.2) is 4.99 Å². The van der Waals surface area contributed by atoms with Gasteiger partial charge in [-0.15, -0.1) is 10.2 Å². The number of ether oxygens (including phenoxy) is 1. The van der Waals surface area contributed by atoms with Gasteiger partial charge in [-0.1, -0.05) is 6.42 Å². The first-order chi connectivity index (χ1) is 15.3. The van der Waals surface area contributed by atoms with Gasteiger partial charge in [0.2, 0.25) is 0 Å². The molecule has 1 aromatic rings. The molecule has 0 aliphatic carbocycles. The first-order valence-electron chi connectivity index (χ1n) is 12.6. The number of rotatable bonds is 8. The Labute approximate surface area is 187 Å². The molecule has 1 unspecified atom stereocenters. The maximum Gasteiger partial charge on any atom is 0.191 e. The molecule has 4 rings (SSSR count). The fourth-order valence-electron chi connectivity index (χ4n) is 5.02. The number of fused-ring (bicyclic) bond motifs is 1. The minimum absolute atomic E-state index is 0.515. The molecule has 3 aliphatic heterocycles. The summed E-state index contributed by atoms with van der Waals surface area (Å²) in [6.45, 7) is 10.4. The lowest BCUT2D eigenvalue weighted by molar-refractivity contribution is 0.150. The number of aromatic nitrogens is 3. The third kappa shape index (κ3) is 6.65. The number of hydrogen-bond acceptors (Lipinski definition) is 5. The van der Waals surface area contributed by atoms with Gasteiger partial charge >= 0.3 is 0 Å². The Morgan fingerprint density at radius 2 is 2.03 bits per heavy atom. The van der Waals surface area contributed by atoms with Crippen LogP contribution in [0.2, 0.25) is 0 Å². The van der Waals surface area contributed by atoms with Gasteiger partial charge < -0.3 is 24.8 Å². The Hall–Kier alpha value is -1.67. The zero-order chi connectivity index (χ0) is 21.3. The molecule has 31 heavy (non-hydrogen) atoms. The highest BCUT2D eigenvalue weighted by Gasteiger charge is 2.24. The summed E-state index contributed by atoms with van der Waals surface area (Å²) in [5, 5.41) is 16.0. The molecule has 0 aromatic carbocycles. The van der Waals surface area contributed by atoms with Crippen molar-refractivity contribution in [2.24, 2.45) is 10.9 Å². The molecule has 8 heteroatoms.